The van der Waals surface area contributed by atoms with Crippen LogP contribution in [0.25, 0.3) is 0 Å². The zero-order chi connectivity index (χ0) is 11.3. The number of nitrogens with two attached hydrogens (primary N) is 1. The highest BCUT2D eigenvalue weighted by molar-refractivity contribution is 6.70. The van der Waals surface area contributed by atoms with Gasteiger partial charge in [-0.25, -0.2) is 0 Å². The van der Waals surface area contributed by atoms with E-state index < -0.39 is 8.32 Å². The van der Waals surface area contributed by atoms with Crippen molar-refractivity contribution in [1.82, 2.24) is 0 Å². The fourth-order valence-corrected chi connectivity index (χ4v) is 2.23. The van der Waals surface area contributed by atoms with Crippen molar-refractivity contribution in [3.05, 3.63) is 29.8 Å². The van der Waals surface area contributed by atoms with E-state index in [1.165, 1.54) is 5.56 Å². The van der Waals surface area contributed by atoms with Crippen LogP contribution in [0.4, 0.5) is 0 Å². The Kier molecular flexibility index (Phi) is 4.36. The van der Waals surface area contributed by atoms with Gasteiger partial charge >= 0.3 is 0 Å². The highest BCUT2D eigenvalue weighted by Crippen LogP contribution is 2.17. The van der Waals surface area contributed by atoms with Gasteiger partial charge in [0.2, 0.25) is 8.32 Å². The van der Waals surface area contributed by atoms with Crippen LogP contribution in [-0.2, 0) is 6.42 Å². The third-order valence-corrected chi connectivity index (χ3v) is 2.87. The van der Waals surface area contributed by atoms with Gasteiger partial charge in [0.25, 0.3) is 0 Å². The summed E-state index contributed by atoms with van der Waals surface area (Å²) in [7, 11) is -1.46. The van der Waals surface area contributed by atoms with Crippen molar-refractivity contribution in [3.63, 3.8) is 0 Å². The number of aryl methyl sites for hydroxylation is 1. The van der Waals surface area contributed by atoms with Crippen molar-refractivity contribution in [1.29, 1.82) is 0 Å². The Balaban J connectivity index is 2.56. The van der Waals surface area contributed by atoms with E-state index in [-0.39, 0.29) is 0 Å². The molecule has 0 aliphatic carbocycles. The van der Waals surface area contributed by atoms with E-state index in [2.05, 4.69) is 43.9 Å². The summed E-state index contributed by atoms with van der Waals surface area (Å²) in [5.74, 6) is 0.991. The molecule has 0 heterocycles. The predicted molar refractivity (Wildman–Crippen MR) is 67.8 cm³/mol. The maximum Gasteiger partial charge on any atom is 0.242 e. The molecule has 15 heavy (non-hydrogen) atoms. The first-order chi connectivity index (χ1) is 7.01. The van der Waals surface area contributed by atoms with Gasteiger partial charge in [-0.3, -0.25) is 0 Å². The lowest BCUT2D eigenvalue weighted by atomic mass is 10.1. The van der Waals surface area contributed by atoms with E-state index in [1.807, 2.05) is 0 Å². The Morgan fingerprint density at radius 2 is 1.73 bits per heavy atom. The molecule has 0 bridgehead atoms. The predicted octanol–water partition coefficient (Wildman–Crippen LogP) is 2.79. The molecule has 0 unspecified atom stereocenters. The second kappa shape index (κ2) is 5.33. The average molecular weight is 223 g/mol. The van der Waals surface area contributed by atoms with Crippen LogP contribution >= 0.6 is 0 Å². The summed E-state index contributed by atoms with van der Waals surface area (Å²) in [5, 5.41) is 0. The SMILES string of the molecule is C[Si](C)(C)Oc1ccc(CCCN)cc1. The summed E-state index contributed by atoms with van der Waals surface area (Å²) >= 11 is 0. The topological polar surface area (TPSA) is 35.2 Å². The van der Waals surface area contributed by atoms with Crippen LogP contribution in [-0.4, -0.2) is 14.9 Å². The van der Waals surface area contributed by atoms with E-state index in [9.17, 15) is 0 Å². The Morgan fingerprint density at radius 3 is 2.20 bits per heavy atom. The van der Waals surface area contributed by atoms with Gasteiger partial charge in [-0.15, -0.1) is 0 Å². The van der Waals surface area contributed by atoms with Crippen molar-refractivity contribution in [2.75, 3.05) is 6.54 Å². The molecule has 84 valence electrons. The number of hydrogen-bond acceptors (Lipinski definition) is 2. The van der Waals surface area contributed by atoms with E-state index in [4.69, 9.17) is 10.2 Å². The molecule has 0 radical (unpaired) electrons. The minimum absolute atomic E-state index is 0.757. The molecule has 0 saturated carbocycles. The lowest BCUT2D eigenvalue weighted by molar-refractivity contribution is 0.557. The van der Waals surface area contributed by atoms with E-state index in [0.717, 1.165) is 25.1 Å². The minimum Gasteiger partial charge on any atom is -0.544 e. The molecule has 2 N–H and O–H groups in total. The Labute approximate surface area is 93.6 Å². The van der Waals surface area contributed by atoms with E-state index >= 15 is 0 Å². The quantitative estimate of drug-likeness (QED) is 0.779. The summed E-state index contributed by atoms with van der Waals surface area (Å²) in [6, 6.07) is 8.38. The first kappa shape index (κ1) is 12.3. The van der Waals surface area contributed by atoms with Crippen LogP contribution in [0.3, 0.4) is 0 Å². The zero-order valence-electron chi connectivity index (χ0n) is 9.92. The van der Waals surface area contributed by atoms with Gasteiger partial charge in [0.1, 0.15) is 5.75 Å². The smallest absolute Gasteiger partial charge is 0.242 e. The molecule has 2 nitrogen and oxygen atoms in total. The molecule has 0 saturated heterocycles. The Morgan fingerprint density at radius 1 is 1.13 bits per heavy atom. The third kappa shape index (κ3) is 5.00. The standard InChI is InChI=1S/C12H21NOSi/c1-15(2,3)14-12-8-6-11(7-9-12)5-4-10-13/h6-9H,4-5,10,13H2,1-3H3. The molecule has 1 aromatic rings. The highest BCUT2D eigenvalue weighted by Gasteiger charge is 2.15. The number of hydrogen-bond donors (Lipinski definition) is 1. The van der Waals surface area contributed by atoms with Crippen LogP contribution in [0.15, 0.2) is 24.3 Å². The monoisotopic (exact) mass is 223 g/mol. The zero-order valence-corrected chi connectivity index (χ0v) is 10.9. The fourth-order valence-electron chi connectivity index (χ4n) is 1.38. The molecule has 0 aliphatic rings. The molecule has 0 aromatic heterocycles. The second-order valence-electron chi connectivity index (χ2n) is 4.75. The van der Waals surface area contributed by atoms with E-state index in [1.54, 1.807) is 0 Å². The molecule has 3 heteroatoms. The van der Waals surface area contributed by atoms with E-state index in [0.29, 0.717) is 0 Å². The molecule has 0 atom stereocenters. The summed E-state index contributed by atoms with van der Waals surface area (Å²) in [6.45, 7) is 7.33. The largest absolute Gasteiger partial charge is 0.544 e. The molecule has 0 fully saturated rings. The molecule has 0 spiro atoms. The molecule has 0 aliphatic heterocycles. The lowest BCUT2D eigenvalue weighted by Gasteiger charge is -2.19. The second-order valence-corrected chi connectivity index (χ2v) is 9.18. The van der Waals surface area contributed by atoms with Gasteiger partial charge in [-0.05, 0) is 56.7 Å². The van der Waals surface area contributed by atoms with Crippen molar-refractivity contribution in [3.8, 4) is 5.75 Å². The molecular formula is C12H21NOSi. The van der Waals surface area contributed by atoms with Crippen molar-refractivity contribution in [2.45, 2.75) is 32.5 Å². The van der Waals surface area contributed by atoms with Crippen molar-refractivity contribution < 1.29 is 4.43 Å². The summed E-state index contributed by atoms with van der Waals surface area (Å²) in [6.07, 6.45) is 2.11. The van der Waals surface area contributed by atoms with Gasteiger partial charge in [-0.2, -0.15) is 0 Å². The van der Waals surface area contributed by atoms with Gasteiger partial charge in [0, 0.05) is 0 Å². The first-order valence-corrected chi connectivity index (χ1v) is 8.90. The third-order valence-electron chi connectivity index (χ3n) is 2.02. The number of rotatable bonds is 5. The van der Waals surface area contributed by atoms with Gasteiger partial charge < -0.3 is 10.2 Å². The Bertz CT molecular complexity index is 289. The lowest BCUT2D eigenvalue weighted by Crippen LogP contribution is -2.29. The number of benzene rings is 1. The summed E-state index contributed by atoms with van der Waals surface area (Å²) in [5.41, 5.74) is 6.81. The normalized spacial score (nSPS) is 11.5. The maximum absolute atomic E-state index is 5.88. The maximum atomic E-state index is 5.88. The van der Waals surface area contributed by atoms with Gasteiger partial charge in [0.15, 0.2) is 0 Å². The van der Waals surface area contributed by atoms with Crippen LogP contribution in [0.5, 0.6) is 5.75 Å². The van der Waals surface area contributed by atoms with Crippen LogP contribution in [0.1, 0.15) is 12.0 Å². The molecule has 0 amide bonds. The fraction of sp³-hybridized carbons (Fsp3) is 0.500. The first-order valence-electron chi connectivity index (χ1n) is 5.49. The van der Waals surface area contributed by atoms with Crippen molar-refractivity contribution in [2.24, 2.45) is 5.73 Å². The van der Waals surface area contributed by atoms with Gasteiger partial charge in [-0.1, -0.05) is 12.1 Å². The average Bonchev–Trinajstić information content (AvgIpc) is 2.14. The molecular weight excluding hydrogens is 202 g/mol. The highest BCUT2D eigenvalue weighted by atomic mass is 28.4. The van der Waals surface area contributed by atoms with Crippen molar-refractivity contribution >= 4 is 8.32 Å². The van der Waals surface area contributed by atoms with Crippen LogP contribution in [0.2, 0.25) is 19.6 Å². The van der Waals surface area contributed by atoms with Gasteiger partial charge in [0.05, 0.1) is 0 Å². The Hall–Kier alpha value is -0.803. The summed E-state index contributed by atoms with van der Waals surface area (Å²) < 4.78 is 5.88. The van der Waals surface area contributed by atoms with Crippen LogP contribution in [0, 0.1) is 0 Å². The summed E-state index contributed by atoms with van der Waals surface area (Å²) in [4.78, 5) is 0. The molecule has 1 aromatic carbocycles. The van der Waals surface area contributed by atoms with Crippen LogP contribution < -0.4 is 10.2 Å². The minimum atomic E-state index is -1.46. The molecule has 1 rings (SSSR count).